The number of amides is 1. The molecule has 0 fully saturated rings. The van der Waals surface area contributed by atoms with Crippen molar-refractivity contribution >= 4 is 50.3 Å². The molecule has 1 aromatic heterocycles. The van der Waals surface area contributed by atoms with E-state index in [1.54, 1.807) is 18.2 Å². The van der Waals surface area contributed by atoms with Crippen LogP contribution < -0.4 is 10.1 Å². The number of carbonyl (C=O) groups excluding carboxylic acids is 1. The summed E-state index contributed by atoms with van der Waals surface area (Å²) in [5, 5.41) is 5.12. The minimum atomic E-state index is -3.70. The second kappa shape index (κ2) is 9.17. The topological polar surface area (TPSA) is 101 Å². The summed E-state index contributed by atoms with van der Waals surface area (Å²) in [5.41, 5.74) is 4.40. The minimum Gasteiger partial charge on any atom is -0.280 e. The van der Waals surface area contributed by atoms with Gasteiger partial charge in [-0.15, -0.1) is 0 Å². The van der Waals surface area contributed by atoms with Gasteiger partial charge in [-0.1, -0.05) is 48.0 Å². The minimum absolute atomic E-state index is 0.151. The SMILES string of the molecule is O=C(N/N=C\c1cc2ccccc2nc1Cl)c1ccc(NS(=O)(=O)c2ccccc2)cc1. The van der Waals surface area contributed by atoms with Crippen LogP contribution in [0.15, 0.2) is 94.9 Å². The van der Waals surface area contributed by atoms with Gasteiger partial charge in [-0.25, -0.2) is 18.8 Å². The summed E-state index contributed by atoms with van der Waals surface area (Å²) >= 11 is 6.18. The number of rotatable bonds is 6. The Morgan fingerprint density at radius 3 is 2.38 bits per heavy atom. The van der Waals surface area contributed by atoms with Crippen LogP contribution in [-0.2, 0) is 10.0 Å². The molecule has 3 aromatic carbocycles. The van der Waals surface area contributed by atoms with Crippen LogP contribution in [0.25, 0.3) is 10.9 Å². The van der Waals surface area contributed by atoms with Gasteiger partial charge in [0.25, 0.3) is 15.9 Å². The van der Waals surface area contributed by atoms with Crippen LogP contribution in [0, 0.1) is 0 Å². The smallest absolute Gasteiger partial charge is 0.271 e. The fourth-order valence-electron chi connectivity index (χ4n) is 2.93. The van der Waals surface area contributed by atoms with Crippen LogP contribution in [0.4, 0.5) is 5.69 Å². The summed E-state index contributed by atoms with van der Waals surface area (Å²) in [4.78, 5) is 16.8. The first-order valence-corrected chi connectivity index (χ1v) is 11.4. The zero-order chi connectivity index (χ0) is 22.6. The molecule has 32 heavy (non-hydrogen) atoms. The number of carbonyl (C=O) groups is 1. The molecule has 0 saturated heterocycles. The second-order valence-corrected chi connectivity index (χ2v) is 8.80. The van der Waals surface area contributed by atoms with Gasteiger partial charge in [0.15, 0.2) is 0 Å². The number of benzene rings is 3. The predicted octanol–water partition coefficient (Wildman–Crippen LogP) is 4.45. The van der Waals surface area contributed by atoms with Crippen molar-refractivity contribution in [2.24, 2.45) is 5.10 Å². The van der Waals surface area contributed by atoms with E-state index in [9.17, 15) is 13.2 Å². The number of hydrazone groups is 1. The highest BCUT2D eigenvalue weighted by molar-refractivity contribution is 7.92. The van der Waals surface area contributed by atoms with Crippen molar-refractivity contribution in [3.8, 4) is 0 Å². The summed E-state index contributed by atoms with van der Waals surface area (Å²) in [6.07, 6.45) is 1.42. The Labute approximate surface area is 189 Å². The van der Waals surface area contributed by atoms with E-state index in [2.05, 4.69) is 20.2 Å². The van der Waals surface area contributed by atoms with Gasteiger partial charge in [0.05, 0.1) is 16.6 Å². The number of pyridine rings is 1. The number of para-hydroxylation sites is 1. The van der Waals surface area contributed by atoms with Crippen LogP contribution in [-0.4, -0.2) is 25.5 Å². The quantitative estimate of drug-likeness (QED) is 0.250. The lowest BCUT2D eigenvalue weighted by molar-refractivity contribution is 0.0955. The molecule has 0 atom stereocenters. The van der Waals surface area contributed by atoms with E-state index in [-0.39, 0.29) is 10.0 Å². The van der Waals surface area contributed by atoms with Gasteiger partial charge in [-0.05, 0) is 48.5 Å². The van der Waals surface area contributed by atoms with Crippen molar-refractivity contribution in [3.63, 3.8) is 0 Å². The third-order valence-corrected chi connectivity index (χ3v) is 6.23. The molecule has 0 aliphatic rings. The molecular formula is C23H17ClN4O3S. The van der Waals surface area contributed by atoms with E-state index in [0.717, 1.165) is 10.9 Å². The molecule has 0 unspecified atom stereocenters. The van der Waals surface area contributed by atoms with Crippen LogP contribution in [0.5, 0.6) is 0 Å². The zero-order valence-electron chi connectivity index (χ0n) is 16.6. The number of aromatic nitrogens is 1. The Kier molecular flexibility index (Phi) is 6.16. The summed E-state index contributed by atoms with van der Waals surface area (Å²) < 4.78 is 27.2. The summed E-state index contributed by atoms with van der Waals surface area (Å²) in [5.74, 6) is -0.455. The molecular weight excluding hydrogens is 448 g/mol. The Hall–Kier alpha value is -3.75. The van der Waals surface area contributed by atoms with Crippen molar-refractivity contribution in [2.75, 3.05) is 4.72 Å². The Morgan fingerprint density at radius 2 is 1.62 bits per heavy atom. The lowest BCUT2D eigenvalue weighted by atomic mass is 10.2. The summed E-state index contributed by atoms with van der Waals surface area (Å²) in [6.45, 7) is 0. The molecule has 7 nitrogen and oxygen atoms in total. The van der Waals surface area contributed by atoms with Gasteiger partial charge >= 0.3 is 0 Å². The number of sulfonamides is 1. The highest BCUT2D eigenvalue weighted by Gasteiger charge is 2.14. The molecule has 0 aliphatic carbocycles. The number of hydrogen-bond donors (Lipinski definition) is 2. The maximum absolute atomic E-state index is 12.4. The van der Waals surface area contributed by atoms with Gasteiger partial charge in [0.2, 0.25) is 0 Å². The molecule has 1 heterocycles. The van der Waals surface area contributed by atoms with E-state index in [1.165, 1.54) is 42.6 Å². The highest BCUT2D eigenvalue weighted by Crippen LogP contribution is 2.19. The van der Waals surface area contributed by atoms with Gasteiger partial charge < -0.3 is 0 Å². The van der Waals surface area contributed by atoms with Crippen LogP contribution in [0.1, 0.15) is 15.9 Å². The first-order chi connectivity index (χ1) is 15.4. The number of anilines is 1. The van der Waals surface area contributed by atoms with E-state index in [0.29, 0.717) is 16.8 Å². The largest absolute Gasteiger partial charge is 0.280 e. The first-order valence-electron chi connectivity index (χ1n) is 9.49. The van der Waals surface area contributed by atoms with Gasteiger partial charge in [-0.3, -0.25) is 9.52 Å². The lowest BCUT2D eigenvalue weighted by Crippen LogP contribution is -2.18. The Morgan fingerprint density at radius 1 is 0.938 bits per heavy atom. The number of fused-ring (bicyclic) bond motifs is 1. The molecule has 2 N–H and O–H groups in total. The molecule has 4 rings (SSSR count). The molecule has 9 heteroatoms. The molecule has 0 bridgehead atoms. The molecule has 4 aromatic rings. The molecule has 0 aliphatic heterocycles. The summed E-state index contributed by atoms with van der Waals surface area (Å²) in [6, 6.07) is 23.4. The van der Waals surface area contributed by atoms with Crippen LogP contribution in [0.3, 0.4) is 0 Å². The van der Waals surface area contributed by atoms with Crippen LogP contribution >= 0.6 is 11.6 Å². The van der Waals surface area contributed by atoms with Crippen molar-refractivity contribution in [3.05, 3.63) is 101 Å². The molecule has 0 radical (unpaired) electrons. The van der Waals surface area contributed by atoms with Crippen LogP contribution in [0.2, 0.25) is 5.15 Å². The van der Waals surface area contributed by atoms with Gasteiger partial charge in [0.1, 0.15) is 5.15 Å². The second-order valence-electron chi connectivity index (χ2n) is 6.76. The average molecular weight is 465 g/mol. The zero-order valence-corrected chi connectivity index (χ0v) is 18.1. The Balaban J connectivity index is 1.42. The van der Waals surface area contributed by atoms with E-state index in [4.69, 9.17) is 11.6 Å². The number of nitrogens with zero attached hydrogens (tertiary/aromatic N) is 2. The standard InChI is InChI=1S/C23H17ClN4O3S/c24-22-18(14-17-6-4-5-9-21(17)26-22)15-25-27-23(29)16-10-12-19(13-11-16)28-32(30,31)20-7-2-1-3-8-20/h1-15,28H,(H,27,29)/b25-15-. The number of halogens is 1. The monoisotopic (exact) mass is 464 g/mol. The maximum Gasteiger partial charge on any atom is 0.271 e. The van der Waals surface area contributed by atoms with E-state index in [1.807, 2.05) is 30.3 Å². The molecule has 0 saturated carbocycles. The third-order valence-electron chi connectivity index (χ3n) is 4.53. The molecule has 160 valence electrons. The van der Waals surface area contributed by atoms with Crippen molar-refractivity contribution in [2.45, 2.75) is 4.90 Å². The predicted molar refractivity (Wildman–Crippen MR) is 126 cm³/mol. The fraction of sp³-hybridized carbons (Fsp3) is 0. The Bertz CT molecular complexity index is 1410. The van der Waals surface area contributed by atoms with E-state index < -0.39 is 15.9 Å². The van der Waals surface area contributed by atoms with Crippen molar-refractivity contribution < 1.29 is 13.2 Å². The number of nitrogens with one attached hydrogen (secondary N) is 2. The first kappa shape index (κ1) is 21.5. The fourth-order valence-corrected chi connectivity index (χ4v) is 4.20. The number of hydrogen-bond acceptors (Lipinski definition) is 5. The van der Waals surface area contributed by atoms with Crippen molar-refractivity contribution in [1.82, 2.24) is 10.4 Å². The average Bonchev–Trinajstić information content (AvgIpc) is 2.80. The highest BCUT2D eigenvalue weighted by atomic mass is 35.5. The summed E-state index contributed by atoms with van der Waals surface area (Å²) in [7, 11) is -3.70. The third kappa shape index (κ3) is 4.93. The molecule has 0 spiro atoms. The lowest BCUT2D eigenvalue weighted by Gasteiger charge is -2.08. The van der Waals surface area contributed by atoms with Gasteiger partial charge in [0, 0.05) is 22.2 Å². The van der Waals surface area contributed by atoms with E-state index >= 15 is 0 Å². The molecule has 1 amide bonds. The normalized spacial score (nSPS) is 11.5. The van der Waals surface area contributed by atoms with Crippen molar-refractivity contribution in [1.29, 1.82) is 0 Å². The van der Waals surface area contributed by atoms with Gasteiger partial charge in [-0.2, -0.15) is 5.10 Å². The maximum atomic E-state index is 12.4.